The van der Waals surface area contributed by atoms with Crippen LogP contribution in [0.3, 0.4) is 0 Å². The Labute approximate surface area is 122 Å². The fraction of sp³-hybridized carbons (Fsp3) is 0.611. The third-order valence-corrected chi connectivity index (χ3v) is 5.03. The SMILES string of the molecule is O=C(c1ccccc1)C1CCC(N2CCCCC2)CC1. The summed E-state index contributed by atoms with van der Waals surface area (Å²) in [5.74, 6) is 0.626. The van der Waals surface area contributed by atoms with Gasteiger partial charge in [-0.1, -0.05) is 36.8 Å². The molecule has 1 aliphatic carbocycles. The van der Waals surface area contributed by atoms with Gasteiger partial charge in [-0.05, 0) is 51.6 Å². The Bertz CT molecular complexity index is 428. The third-order valence-electron chi connectivity index (χ3n) is 5.03. The molecule has 0 radical (unpaired) electrons. The first-order valence-electron chi connectivity index (χ1n) is 8.18. The minimum atomic E-state index is 0.262. The van der Waals surface area contributed by atoms with E-state index in [9.17, 15) is 4.79 Å². The van der Waals surface area contributed by atoms with E-state index in [2.05, 4.69) is 4.90 Å². The number of Topliss-reactive ketones (excluding diaryl/α,β-unsaturated/α-hetero) is 1. The second-order valence-electron chi connectivity index (χ2n) is 6.33. The molecule has 2 nitrogen and oxygen atoms in total. The van der Waals surface area contributed by atoms with Crippen molar-refractivity contribution in [2.24, 2.45) is 5.92 Å². The zero-order valence-electron chi connectivity index (χ0n) is 12.3. The lowest BCUT2D eigenvalue weighted by molar-refractivity contribution is 0.0795. The summed E-state index contributed by atoms with van der Waals surface area (Å²) >= 11 is 0. The van der Waals surface area contributed by atoms with Crippen LogP contribution in [0.1, 0.15) is 55.3 Å². The van der Waals surface area contributed by atoms with E-state index < -0.39 is 0 Å². The van der Waals surface area contributed by atoms with Crippen molar-refractivity contribution in [3.63, 3.8) is 0 Å². The quantitative estimate of drug-likeness (QED) is 0.777. The molecule has 2 heteroatoms. The van der Waals surface area contributed by atoms with Gasteiger partial charge in [0.1, 0.15) is 0 Å². The summed E-state index contributed by atoms with van der Waals surface area (Å²) in [6, 6.07) is 10.6. The third kappa shape index (κ3) is 3.12. The summed E-state index contributed by atoms with van der Waals surface area (Å²) in [6.07, 6.45) is 8.71. The molecule has 0 bridgehead atoms. The molecule has 0 spiro atoms. The van der Waals surface area contributed by atoms with Crippen LogP contribution in [-0.4, -0.2) is 29.8 Å². The lowest BCUT2D eigenvalue weighted by Gasteiger charge is -2.38. The molecular formula is C18H25NO. The maximum absolute atomic E-state index is 12.5. The van der Waals surface area contributed by atoms with Crippen LogP contribution < -0.4 is 0 Å². The normalized spacial score (nSPS) is 28.2. The number of rotatable bonds is 3. The highest BCUT2D eigenvalue weighted by molar-refractivity contribution is 5.97. The number of hydrogen-bond donors (Lipinski definition) is 0. The first kappa shape index (κ1) is 13.8. The van der Waals surface area contributed by atoms with Crippen molar-refractivity contribution in [1.82, 2.24) is 4.90 Å². The van der Waals surface area contributed by atoms with Crippen molar-refractivity contribution in [2.75, 3.05) is 13.1 Å². The number of carbonyl (C=O) groups excluding carboxylic acids is 1. The molecule has 1 aromatic carbocycles. The van der Waals surface area contributed by atoms with Crippen LogP contribution in [0.25, 0.3) is 0 Å². The van der Waals surface area contributed by atoms with Gasteiger partial charge in [0.05, 0.1) is 0 Å². The van der Waals surface area contributed by atoms with E-state index in [1.165, 1.54) is 45.2 Å². The smallest absolute Gasteiger partial charge is 0.165 e. The van der Waals surface area contributed by atoms with Gasteiger partial charge >= 0.3 is 0 Å². The van der Waals surface area contributed by atoms with Gasteiger partial charge in [0.25, 0.3) is 0 Å². The van der Waals surface area contributed by atoms with Crippen LogP contribution in [0.5, 0.6) is 0 Å². The molecule has 1 saturated carbocycles. The number of ketones is 1. The number of carbonyl (C=O) groups is 1. The maximum atomic E-state index is 12.5. The molecule has 2 aliphatic rings. The van der Waals surface area contributed by atoms with Crippen molar-refractivity contribution in [3.8, 4) is 0 Å². The highest BCUT2D eigenvalue weighted by Gasteiger charge is 2.30. The molecule has 1 heterocycles. The molecule has 0 aromatic heterocycles. The van der Waals surface area contributed by atoms with Crippen molar-refractivity contribution >= 4 is 5.78 Å². The lowest BCUT2D eigenvalue weighted by atomic mass is 9.80. The standard InChI is InChI=1S/C18H25NO/c20-18(15-7-3-1-4-8-15)16-9-11-17(12-10-16)19-13-5-2-6-14-19/h1,3-4,7-8,16-17H,2,5-6,9-14H2. The Morgan fingerprint density at radius 1 is 0.900 bits per heavy atom. The van der Waals surface area contributed by atoms with Gasteiger partial charge in [-0.15, -0.1) is 0 Å². The molecule has 1 saturated heterocycles. The summed E-state index contributed by atoms with van der Waals surface area (Å²) < 4.78 is 0. The fourth-order valence-electron chi connectivity index (χ4n) is 3.82. The average molecular weight is 271 g/mol. The molecule has 20 heavy (non-hydrogen) atoms. The Balaban J connectivity index is 1.54. The van der Waals surface area contributed by atoms with Crippen LogP contribution >= 0.6 is 0 Å². The van der Waals surface area contributed by atoms with Gasteiger partial charge in [0, 0.05) is 17.5 Å². The molecule has 3 rings (SSSR count). The minimum Gasteiger partial charge on any atom is -0.300 e. The number of hydrogen-bond acceptors (Lipinski definition) is 2. The van der Waals surface area contributed by atoms with E-state index in [0.717, 1.165) is 24.4 Å². The monoisotopic (exact) mass is 271 g/mol. The number of nitrogens with zero attached hydrogens (tertiary/aromatic N) is 1. The minimum absolute atomic E-state index is 0.262. The van der Waals surface area contributed by atoms with E-state index in [-0.39, 0.29) is 5.92 Å². The topological polar surface area (TPSA) is 20.3 Å². The fourth-order valence-corrected chi connectivity index (χ4v) is 3.82. The predicted octanol–water partition coefficient (Wildman–Crippen LogP) is 3.91. The van der Waals surface area contributed by atoms with Crippen LogP contribution in [0.15, 0.2) is 30.3 Å². The van der Waals surface area contributed by atoms with Crippen molar-refractivity contribution in [3.05, 3.63) is 35.9 Å². The first-order valence-corrected chi connectivity index (χ1v) is 8.18. The van der Waals surface area contributed by atoms with Gasteiger partial charge in [0.15, 0.2) is 5.78 Å². The Kier molecular flexibility index (Phi) is 4.51. The second kappa shape index (κ2) is 6.53. The van der Waals surface area contributed by atoms with Gasteiger partial charge in [-0.2, -0.15) is 0 Å². The van der Waals surface area contributed by atoms with Crippen molar-refractivity contribution in [1.29, 1.82) is 0 Å². The summed E-state index contributed by atoms with van der Waals surface area (Å²) in [6.45, 7) is 2.56. The summed E-state index contributed by atoms with van der Waals surface area (Å²) in [5, 5.41) is 0. The number of likely N-dealkylation sites (tertiary alicyclic amines) is 1. The zero-order chi connectivity index (χ0) is 13.8. The summed E-state index contributed by atoms with van der Waals surface area (Å²) in [5.41, 5.74) is 0.897. The first-order chi connectivity index (χ1) is 9.84. The van der Waals surface area contributed by atoms with E-state index in [1.807, 2.05) is 30.3 Å². The highest BCUT2D eigenvalue weighted by Crippen LogP contribution is 2.31. The molecule has 108 valence electrons. The van der Waals surface area contributed by atoms with Crippen LogP contribution in [0, 0.1) is 5.92 Å². The zero-order valence-corrected chi connectivity index (χ0v) is 12.3. The van der Waals surface area contributed by atoms with Crippen molar-refractivity contribution in [2.45, 2.75) is 51.0 Å². The Hall–Kier alpha value is -1.15. The summed E-state index contributed by atoms with van der Waals surface area (Å²) in [4.78, 5) is 15.1. The molecule has 2 fully saturated rings. The van der Waals surface area contributed by atoms with Gasteiger partial charge in [-0.25, -0.2) is 0 Å². The summed E-state index contributed by atoms with van der Waals surface area (Å²) in [7, 11) is 0. The largest absolute Gasteiger partial charge is 0.300 e. The number of benzene rings is 1. The molecule has 1 aliphatic heterocycles. The lowest BCUT2D eigenvalue weighted by Crippen LogP contribution is -2.42. The average Bonchev–Trinajstić information content (AvgIpc) is 2.56. The van der Waals surface area contributed by atoms with Gasteiger partial charge in [0.2, 0.25) is 0 Å². The molecule has 1 aromatic rings. The van der Waals surface area contributed by atoms with E-state index in [0.29, 0.717) is 5.78 Å². The van der Waals surface area contributed by atoms with Gasteiger partial charge < -0.3 is 4.90 Å². The van der Waals surface area contributed by atoms with Crippen LogP contribution in [0.2, 0.25) is 0 Å². The molecule has 0 unspecified atom stereocenters. The van der Waals surface area contributed by atoms with Crippen LogP contribution in [0.4, 0.5) is 0 Å². The molecule has 0 amide bonds. The van der Waals surface area contributed by atoms with E-state index in [4.69, 9.17) is 0 Å². The Morgan fingerprint density at radius 2 is 1.55 bits per heavy atom. The van der Waals surface area contributed by atoms with Crippen LogP contribution in [-0.2, 0) is 0 Å². The highest BCUT2D eigenvalue weighted by atomic mass is 16.1. The molecule has 0 atom stereocenters. The van der Waals surface area contributed by atoms with Gasteiger partial charge in [-0.3, -0.25) is 4.79 Å². The van der Waals surface area contributed by atoms with E-state index in [1.54, 1.807) is 0 Å². The second-order valence-corrected chi connectivity index (χ2v) is 6.33. The predicted molar refractivity (Wildman–Crippen MR) is 81.9 cm³/mol. The van der Waals surface area contributed by atoms with E-state index >= 15 is 0 Å². The maximum Gasteiger partial charge on any atom is 0.165 e. The molecular weight excluding hydrogens is 246 g/mol. The molecule has 0 N–H and O–H groups in total. The number of piperidine rings is 1. The Morgan fingerprint density at radius 3 is 2.20 bits per heavy atom. The van der Waals surface area contributed by atoms with Crippen molar-refractivity contribution < 1.29 is 4.79 Å².